The third-order valence-electron chi connectivity index (χ3n) is 3.70. The molecule has 2 rings (SSSR count). The van der Waals surface area contributed by atoms with Crippen molar-refractivity contribution in [1.82, 2.24) is 4.57 Å². The first-order valence-electron chi connectivity index (χ1n) is 6.96. The summed E-state index contributed by atoms with van der Waals surface area (Å²) >= 11 is 0. The molecular formula is C17H21NO2. The normalized spacial score (nSPS) is 10.8. The largest absolute Gasteiger partial charge is 0.478 e. The van der Waals surface area contributed by atoms with Crippen LogP contribution in [-0.4, -0.2) is 15.6 Å². The van der Waals surface area contributed by atoms with Gasteiger partial charge in [0.25, 0.3) is 0 Å². The van der Waals surface area contributed by atoms with Crippen molar-refractivity contribution in [3.05, 3.63) is 46.6 Å². The Labute approximate surface area is 119 Å². The van der Waals surface area contributed by atoms with Gasteiger partial charge in [-0.25, -0.2) is 4.79 Å². The van der Waals surface area contributed by atoms with Crippen LogP contribution in [0.2, 0.25) is 0 Å². The van der Waals surface area contributed by atoms with Gasteiger partial charge in [-0.05, 0) is 38.8 Å². The highest BCUT2D eigenvalue weighted by molar-refractivity contribution is 5.91. The molecule has 1 heterocycles. The minimum Gasteiger partial charge on any atom is -0.478 e. The van der Waals surface area contributed by atoms with Gasteiger partial charge in [0.1, 0.15) is 0 Å². The SMILES string of the molecule is CCCn1c(-c2ccc(C)cc2C)cc(C(=O)O)c1C. The van der Waals surface area contributed by atoms with Crippen LogP contribution >= 0.6 is 0 Å². The second-order valence-electron chi connectivity index (χ2n) is 5.30. The van der Waals surface area contributed by atoms with E-state index in [0.717, 1.165) is 29.9 Å². The van der Waals surface area contributed by atoms with Crippen LogP contribution in [0.3, 0.4) is 0 Å². The molecule has 0 radical (unpaired) electrons. The van der Waals surface area contributed by atoms with Crippen molar-refractivity contribution in [2.75, 3.05) is 0 Å². The molecule has 1 aromatic heterocycles. The van der Waals surface area contributed by atoms with Crippen LogP contribution in [-0.2, 0) is 6.54 Å². The van der Waals surface area contributed by atoms with Crippen molar-refractivity contribution in [1.29, 1.82) is 0 Å². The number of benzene rings is 1. The number of carbonyl (C=O) groups is 1. The van der Waals surface area contributed by atoms with Gasteiger partial charge in [-0.15, -0.1) is 0 Å². The maximum absolute atomic E-state index is 11.3. The quantitative estimate of drug-likeness (QED) is 0.906. The third-order valence-corrected chi connectivity index (χ3v) is 3.70. The van der Waals surface area contributed by atoms with Gasteiger partial charge in [0, 0.05) is 23.5 Å². The van der Waals surface area contributed by atoms with Gasteiger partial charge in [0.2, 0.25) is 0 Å². The van der Waals surface area contributed by atoms with Gasteiger partial charge in [-0.2, -0.15) is 0 Å². The van der Waals surface area contributed by atoms with E-state index >= 15 is 0 Å². The fourth-order valence-corrected chi connectivity index (χ4v) is 2.70. The van der Waals surface area contributed by atoms with Gasteiger partial charge < -0.3 is 9.67 Å². The molecule has 3 nitrogen and oxygen atoms in total. The number of nitrogens with zero attached hydrogens (tertiary/aromatic N) is 1. The molecule has 0 atom stereocenters. The molecule has 0 aliphatic heterocycles. The number of aryl methyl sites for hydroxylation is 2. The van der Waals surface area contributed by atoms with Crippen LogP contribution in [0.25, 0.3) is 11.3 Å². The number of hydrogen-bond donors (Lipinski definition) is 1. The minimum absolute atomic E-state index is 0.397. The molecule has 1 N–H and O–H groups in total. The molecule has 3 heteroatoms. The van der Waals surface area contributed by atoms with Gasteiger partial charge in [-0.1, -0.05) is 30.7 Å². The number of carboxylic acids is 1. The van der Waals surface area contributed by atoms with Gasteiger partial charge in [-0.3, -0.25) is 0 Å². The van der Waals surface area contributed by atoms with Crippen LogP contribution in [0.5, 0.6) is 0 Å². The molecule has 0 amide bonds. The molecular weight excluding hydrogens is 250 g/mol. The first-order chi connectivity index (χ1) is 9.45. The lowest BCUT2D eigenvalue weighted by atomic mass is 10.0. The lowest BCUT2D eigenvalue weighted by Crippen LogP contribution is -2.04. The van der Waals surface area contributed by atoms with Gasteiger partial charge in [0.15, 0.2) is 0 Å². The lowest BCUT2D eigenvalue weighted by molar-refractivity contribution is 0.0696. The number of aromatic carboxylic acids is 1. The smallest absolute Gasteiger partial charge is 0.337 e. The summed E-state index contributed by atoms with van der Waals surface area (Å²) in [5.74, 6) is -0.858. The van der Waals surface area contributed by atoms with Crippen LogP contribution in [0, 0.1) is 20.8 Å². The average molecular weight is 271 g/mol. The lowest BCUT2D eigenvalue weighted by Gasteiger charge is -2.13. The zero-order valence-corrected chi connectivity index (χ0v) is 12.5. The molecule has 0 saturated heterocycles. The van der Waals surface area contributed by atoms with Crippen LogP contribution < -0.4 is 0 Å². The average Bonchev–Trinajstić information content (AvgIpc) is 2.68. The Kier molecular flexibility index (Phi) is 3.98. The standard InChI is InChI=1S/C17H21NO2/c1-5-8-18-13(4)15(17(19)20)10-16(18)14-7-6-11(2)9-12(14)3/h6-7,9-10H,5,8H2,1-4H3,(H,19,20). The van der Waals surface area contributed by atoms with Gasteiger partial charge in [0.05, 0.1) is 5.56 Å². The summed E-state index contributed by atoms with van der Waals surface area (Å²) in [6.45, 7) is 8.96. The molecule has 1 aromatic carbocycles. The van der Waals surface area contributed by atoms with Gasteiger partial charge >= 0.3 is 5.97 Å². The fraction of sp³-hybridized carbons (Fsp3) is 0.353. The van der Waals surface area contributed by atoms with E-state index < -0.39 is 5.97 Å². The van der Waals surface area contributed by atoms with Crippen molar-refractivity contribution < 1.29 is 9.90 Å². The first-order valence-corrected chi connectivity index (χ1v) is 6.96. The highest BCUT2D eigenvalue weighted by Crippen LogP contribution is 2.29. The molecule has 2 aromatic rings. The highest BCUT2D eigenvalue weighted by atomic mass is 16.4. The topological polar surface area (TPSA) is 42.2 Å². The number of carboxylic acid groups (broad SMARTS) is 1. The molecule has 20 heavy (non-hydrogen) atoms. The molecule has 0 bridgehead atoms. The molecule has 0 spiro atoms. The Morgan fingerprint density at radius 2 is 1.90 bits per heavy atom. The maximum atomic E-state index is 11.3. The summed E-state index contributed by atoms with van der Waals surface area (Å²) < 4.78 is 2.11. The predicted molar refractivity (Wildman–Crippen MR) is 81.3 cm³/mol. The van der Waals surface area contributed by atoms with Crippen molar-refractivity contribution in [3.63, 3.8) is 0 Å². The number of aromatic nitrogens is 1. The van der Waals surface area contributed by atoms with Crippen LogP contribution in [0.1, 0.15) is 40.5 Å². The molecule has 0 saturated carbocycles. The zero-order valence-electron chi connectivity index (χ0n) is 12.5. The van der Waals surface area contributed by atoms with Crippen LogP contribution in [0.15, 0.2) is 24.3 Å². The summed E-state index contributed by atoms with van der Waals surface area (Å²) in [7, 11) is 0. The van der Waals surface area contributed by atoms with Crippen molar-refractivity contribution in [2.45, 2.75) is 40.7 Å². The Balaban J connectivity index is 2.66. The van der Waals surface area contributed by atoms with E-state index in [-0.39, 0.29) is 0 Å². The summed E-state index contributed by atoms with van der Waals surface area (Å²) in [5.41, 5.74) is 5.73. The zero-order chi connectivity index (χ0) is 14.9. The Hall–Kier alpha value is -2.03. The monoisotopic (exact) mass is 271 g/mol. The van der Waals surface area contributed by atoms with E-state index in [1.165, 1.54) is 11.1 Å². The molecule has 0 aliphatic carbocycles. The highest BCUT2D eigenvalue weighted by Gasteiger charge is 2.18. The van der Waals surface area contributed by atoms with E-state index in [4.69, 9.17) is 0 Å². The molecule has 106 valence electrons. The molecule has 0 unspecified atom stereocenters. The number of hydrogen-bond acceptors (Lipinski definition) is 1. The van der Waals surface area contributed by atoms with E-state index in [1.54, 1.807) is 6.07 Å². The van der Waals surface area contributed by atoms with Crippen molar-refractivity contribution in [3.8, 4) is 11.3 Å². The maximum Gasteiger partial charge on any atom is 0.337 e. The first kappa shape index (κ1) is 14.4. The third kappa shape index (κ3) is 2.48. The number of rotatable bonds is 4. The Bertz CT molecular complexity index is 653. The summed E-state index contributed by atoms with van der Waals surface area (Å²) in [6, 6.07) is 8.08. The second-order valence-corrected chi connectivity index (χ2v) is 5.30. The second kappa shape index (κ2) is 5.53. The summed E-state index contributed by atoms with van der Waals surface area (Å²) in [5, 5.41) is 9.32. The fourth-order valence-electron chi connectivity index (χ4n) is 2.70. The molecule has 0 fully saturated rings. The summed E-state index contributed by atoms with van der Waals surface area (Å²) in [4.78, 5) is 11.3. The molecule has 0 aliphatic rings. The predicted octanol–water partition coefficient (Wildman–Crippen LogP) is 4.19. The Morgan fingerprint density at radius 3 is 2.45 bits per heavy atom. The van der Waals surface area contributed by atoms with E-state index in [9.17, 15) is 9.90 Å². The van der Waals surface area contributed by atoms with Crippen LogP contribution in [0.4, 0.5) is 0 Å². The summed E-state index contributed by atoms with van der Waals surface area (Å²) in [6.07, 6.45) is 0.979. The van der Waals surface area contributed by atoms with Crippen molar-refractivity contribution in [2.24, 2.45) is 0 Å². The van der Waals surface area contributed by atoms with Crippen molar-refractivity contribution >= 4 is 5.97 Å². The Morgan fingerprint density at radius 1 is 1.20 bits per heavy atom. The minimum atomic E-state index is -0.858. The van der Waals surface area contributed by atoms with E-state index in [1.807, 2.05) is 6.92 Å². The van der Waals surface area contributed by atoms with E-state index in [2.05, 4.69) is 43.5 Å². The van der Waals surface area contributed by atoms with E-state index in [0.29, 0.717) is 5.56 Å².